The molecular weight excluding hydrogens is 295 g/mol. The molecule has 1 saturated carbocycles. The summed E-state index contributed by atoms with van der Waals surface area (Å²) in [5.74, 6) is 5.80. The first kappa shape index (κ1) is 16.1. The molecule has 1 unspecified atom stereocenters. The second-order valence-electron chi connectivity index (χ2n) is 5.36. The van der Waals surface area contributed by atoms with Gasteiger partial charge in [-0.15, -0.1) is 0 Å². The van der Waals surface area contributed by atoms with Crippen LogP contribution in [0.2, 0.25) is 10.0 Å². The molecule has 0 aliphatic heterocycles. The number of nitrogens with two attached hydrogens (primary N) is 1. The van der Waals surface area contributed by atoms with Crippen molar-refractivity contribution in [3.8, 4) is 0 Å². The minimum atomic E-state index is -0.185. The zero-order chi connectivity index (χ0) is 14.6. The molecule has 5 heteroatoms. The van der Waals surface area contributed by atoms with E-state index in [0.717, 1.165) is 29.8 Å². The molecule has 0 amide bonds. The first-order valence-corrected chi connectivity index (χ1v) is 7.91. The van der Waals surface area contributed by atoms with Crippen LogP contribution in [0.15, 0.2) is 18.2 Å². The van der Waals surface area contributed by atoms with Gasteiger partial charge in [0.25, 0.3) is 0 Å². The van der Waals surface area contributed by atoms with Gasteiger partial charge in [-0.2, -0.15) is 0 Å². The van der Waals surface area contributed by atoms with E-state index in [4.69, 9.17) is 33.8 Å². The first-order chi connectivity index (χ1) is 9.61. The van der Waals surface area contributed by atoms with Crippen molar-refractivity contribution < 1.29 is 4.74 Å². The van der Waals surface area contributed by atoms with Gasteiger partial charge >= 0.3 is 0 Å². The molecule has 1 aliphatic carbocycles. The fraction of sp³-hybridized carbons (Fsp3) is 0.600. The smallest absolute Gasteiger partial charge is 0.0851 e. The topological polar surface area (TPSA) is 47.3 Å². The van der Waals surface area contributed by atoms with Gasteiger partial charge in [0.2, 0.25) is 0 Å². The van der Waals surface area contributed by atoms with Crippen LogP contribution in [0.4, 0.5) is 0 Å². The summed E-state index contributed by atoms with van der Waals surface area (Å²) in [4.78, 5) is 0. The first-order valence-electron chi connectivity index (χ1n) is 7.15. The summed E-state index contributed by atoms with van der Waals surface area (Å²) in [6.45, 7) is 2.72. The number of hydrogen-bond donors (Lipinski definition) is 2. The van der Waals surface area contributed by atoms with Crippen LogP contribution in [0, 0.1) is 0 Å². The highest BCUT2D eigenvalue weighted by atomic mass is 35.5. The Bertz CT molecular complexity index is 447. The summed E-state index contributed by atoms with van der Waals surface area (Å²) in [7, 11) is 0. The van der Waals surface area contributed by atoms with Gasteiger partial charge in [-0.1, -0.05) is 36.0 Å². The Morgan fingerprint density at radius 3 is 2.65 bits per heavy atom. The van der Waals surface area contributed by atoms with E-state index in [-0.39, 0.29) is 11.6 Å². The molecule has 2 rings (SSSR count). The van der Waals surface area contributed by atoms with Gasteiger partial charge in [0.05, 0.1) is 11.6 Å². The van der Waals surface area contributed by atoms with E-state index in [9.17, 15) is 0 Å². The Morgan fingerprint density at radius 1 is 1.35 bits per heavy atom. The van der Waals surface area contributed by atoms with Crippen LogP contribution in [0.1, 0.15) is 38.2 Å². The molecule has 1 fully saturated rings. The molecule has 0 aromatic heterocycles. The number of rotatable bonds is 6. The van der Waals surface area contributed by atoms with Crippen LogP contribution < -0.4 is 11.3 Å². The average molecular weight is 317 g/mol. The monoisotopic (exact) mass is 316 g/mol. The Morgan fingerprint density at radius 2 is 2.05 bits per heavy atom. The van der Waals surface area contributed by atoms with Crippen LogP contribution >= 0.6 is 23.2 Å². The number of hydrazine groups is 1. The maximum Gasteiger partial charge on any atom is 0.0851 e. The normalized spacial score (nSPS) is 19.2. The number of halogens is 2. The molecule has 112 valence electrons. The number of hydrogen-bond acceptors (Lipinski definition) is 3. The lowest BCUT2D eigenvalue weighted by molar-refractivity contribution is -0.0613. The lowest BCUT2D eigenvalue weighted by Gasteiger charge is -2.37. The SMILES string of the molecule is CCOC1(C(Cc2cc(Cl)ccc2Cl)NN)CCCC1. The lowest BCUT2D eigenvalue weighted by atomic mass is 9.87. The van der Waals surface area contributed by atoms with E-state index in [1.54, 1.807) is 6.07 Å². The zero-order valence-electron chi connectivity index (χ0n) is 11.8. The largest absolute Gasteiger partial charge is 0.374 e. The van der Waals surface area contributed by atoms with Crippen molar-refractivity contribution in [1.29, 1.82) is 0 Å². The van der Waals surface area contributed by atoms with E-state index < -0.39 is 0 Å². The second kappa shape index (κ2) is 7.10. The second-order valence-corrected chi connectivity index (χ2v) is 6.21. The number of nitrogens with one attached hydrogen (secondary N) is 1. The highest BCUT2D eigenvalue weighted by molar-refractivity contribution is 6.33. The predicted molar refractivity (Wildman–Crippen MR) is 84.1 cm³/mol. The van der Waals surface area contributed by atoms with Crippen LogP contribution in [0.3, 0.4) is 0 Å². The fourth-order valence-corrected chi connectivity index (χ4v) is 3.56. The predicted octanol–water partition coefficient (Wildman–Crippen LogP) is 3.72. The van der Waals surface area contributed by atoms with E-state index >= 15 is 0 Å². The Hall–Kier alpha value is -0.320. The molecule has 0 spiro atoms. The van der Waals surface area contributed by atoms with Crippen molar-refractivity contribution in [1.82, 2.24) is 5.43 Å². The minimum Gasteiger partial charge on any atom is -0.374 e. The Balaban J connectivity index is 2.21. The van der Waals surface area contributed by atoms with Gasteiger partial charge in [-0.25, -0.2) is 0 Å². The summed E-state index contributed by atoms with van der Waals surface area (Å²) in [6.07, 6.45) is 5.15. The zero-order valence-corrected chi connectivity index (χ0v) is 13.3. The van der Waals surface area contributed by atoms with Crippen molar-refractivity contribution in [2.24, 2.45) is 5.84 Å². The average Bonchev–Trinajstić information content (AvgIpc) is 2.89. The van der Waals surface area contributed by atoms with Gasteiger partial charge in [0.15, 0.2) is 0 Å². The maximum atomic E-state index is 6.26. The Labute approximate surface area is 130 Å². The van der Waals surface area contributed by atoms with Crippen LogP contribution in [0.25, 0.3) is 0 Å². The van der Waals surface area contributed by atoms with E-state index in [0.29, 0.717) is 11.6 Å². The highest BCUT2D eigenvalue weighted by Gasteiger charge is 2.41. The molecule has 1 atom stereocenters. The van der Waals surface area contributed by atoms with Crippen molar-refractivity contribution in [3.63, 3.8) is 0 Å². The molecular formula is C15H22Cl2N2O. The molecule has 0 heterocycles. The van der Waals surface area contributed by atoms with Gasteiger partial charge in [-0.3, -0.25) is 11.3 Å². The van der Waals surface area contributed by atoms with Gasteiger partial charge < -0.3 is 4.74 Å². The van der Waals surface area contributed by atoms with Crippen molar-refractivity contribution in [2.75, 3.05) is 6.61 Å². The number of benzene rings is 1. The van der Waals surface area contributed by atoms with Gasteiger partial charge in [0, 0.05) is 16.7 Å². The molecule has 0 radical (unpaired) electrons. The van der Waals surface area contributed by atoms with Crippen LogP contribution in [0.5, 0.6) is 0 Å². The van der Waals surface area contributed by atoms with Crippen LogP contribution in [-0.4, -0.2) is 18.2 Å². The third kappa shape index (κ3) is 3.46. The molecule has 20 heavy (non-hydrogen) atoms. The molecule has 0 bridgehead atoms. The third-order valence-corrected chi connectivity index (χ3v) is 4.75. The van der Waals surface area contributed by atoms with Gasteiger partial charge in [-0.05, 0) is 49.9 Å². The summed E-state index contributed by atoms with van der Waals surface area (Å²) in [5.41, 5.74) is 3.76. The van der Waals surface area contributed by atoms with E-state index in [1.165, 1.54) is 12.8 Å². The molecule has 1 aliphatic rings. The molecule has 1 aromatic carbocycles. The Kier molecular flexibility index (Phi) is 5.70. The fourth-order valence-electron chi connectivity index (χ4n) is 3.17. The summed E-state index contributed by atoms with van der Waals surface area (Å²) in [6, 6.07) is 5.57. The van der Waals surface area contributed by atoms with Crippen molar-refractivity contribution >= 4 is 23.2 Å². The summed E-state index contributed by atoms with van der Waals surface area (Å²) < 4.78 is 6.07. The number of ether oxygens (including phenoxy) is 1. The lowest BCUT2D eigenvalue weighted by Crippen LogP contribution is -2.54. The molecule has 0 saturated heterocycles. The molecule has 3 nitrogen and oxygen atoms in total. The minimum absolute atomic E-state index is 0.0425. The molecule has 3 N–H and O–H groups in total. The standard InChI is InChI=1S/C15H22Cl2N2O/c1-2-20-15(7-3-4-8-15)14(19-18)10-11-9-12(16)5-6-13(11)17/h5-6,9,14,19H,2-4,7-8,10,18H2,1H3. The van der Waals surface area contributed by atoms with E-state index in [1.807, 2.05) is 19.1 Å². The molecule has 1 aromatic rings. The van der Waals surface area contributed by atoms with Gasteiger partial charge in [0.1, 0.15) is 0 Å². The maximum absolute atomic E-state index is 6.26. The van der Waals surface area contributed by atoms with E-state index in [2.05, 4.69) is 5.43 Å². The van der Waals surface area contributed by atoms with Crippen molar-refractivity contribution in [3.05, 3.63) is 33.8 Å². The van der Waals surface area contributed by atoms with Crippen LogP contribution in [-0.2, 0) is 11.2 Å². The highest BCUT2D eigenvalue weighted by Crippen LogP contribution is 2.38. The van der Waals surface area contributed by atoms with Crippen molar-refractivity contribution in [2.45, 2.75) is 50.7 Å². The summed E-state index contributed by atoms with van der Waals surface area (Å²) >= 11 is 12.3. The quantitative estimate of drug-likeness (QED) is 0.621. The third-order valence-electron chi connectivity index (χ3n) is 4.15. The summed E-state index contributed by atoms with van der Waals surface area (Å²) in [5, 5.41) is 1.41.